The Morgan fingerprint density at radius 2 is 1.76 bits per heavy atom. The molecule has 3 nitrogen and oxygen atoms in total. The summed E-state index contributed by atoms with van der Waals surface area (Å²) in [5.74, 6) is 0. The molecule has 1 aliphatic heterocycles. The average Bonchev–Trinajstić information content (AvgIpc) is 2.83. The number of nitrogens with one attached hydrogen (secondary N) is 1. The summed E-state index contributed by atoms with van der Waals surface area (Å²) < 4.78 is 0. The number of hydrogen-bond donors (Lipinski definition) is 1. The van der Waals surface area contributed by atoms with Crippen LogP contribution in [0.15, 0.2) is 0 Å². The van der Waals surface area contributed by atoms with Crippen LogP contribution in [0.4, 0.5) is 0 Å². The van der Waals surface area contributed by atoms with Gasteiger partial charge in [0.05, 0.1) is 0 Å². The Morgan fingerprint density at radius 3 is 2.35 bits per heavy atom. The van der Waals surface area contributed by atoms with E-state index in [9.17, 15) is 0 Å². The molecule has 100 valence electrons. The molecule has 1 saturated heterocycles. The van der Waals surface area contributed by atoms with E-state index in [1.165, 1.54) is 45.3 Å². The number of likely N-dealkylation sites (N-methyl/N-ethyl adjacent to an activating group) is 1. The lowest BCUT2D eigenvalue weighted by atomic mass is 10.00. The number of piperazine rings is 1. The van der Waals surface area contributed by atoms with Crippen molar-refractivity contribution in [2.75, 3.05) is 39.8 Å². The van der Waals surface area contributed by atoms with Gasteiger partial charge in [-0.25, -0.2) is 0 Å². The molecular formula is C14H29N3. The second kappa shape index (κ2) is 5.68. The van der Waals surface area contributed by atoms with Gasteiger partial charge in [-0.05, 0) is 33.7 Å². The van der Waals surface area contributed by atoms with Crippen LogP contribution in [0.1, 0.15) is 39.5 Å². The summed E-state index contributed by atoms with van der Waals surface area (Å²) in [6, 6.07) is 0.845. The maximum absolute atomic E-state index is 3.44. The van der Waals surface area contributed by atoms with Crippen LogP contribution in [0.5, 0.6) is 0 Å². The molecule has 0 amide bonds. The lowest BCUT2D eigenvalue weighted by Gasteiger charge is -2.44. The summed E-state index contributed by atoms with van der Waals surface area (Å²) in [5.41, 5.74) is 0.319. The first kappa shape index (κ1) is 13.3. The predicted molar refractivity (Wildman–Crippen MR) is 73.4 cm³/mol. The molecule has 1 N–H and O–H groups in total. The Balaban J connectivity index is 1.86. The van der Waals surface area contributed by atoms with Crippen molar-refractivity contribution in [3.05, 3.63) is 0 Å². The van der Waals surface area contributed by atoms with Gasteiger partial charge in [0.15, 0.2) is 0 Å². The van der Waals surface area contributed by atoms with E-state index in [1.54, 1.807) is 0 Å². The van der Waals surface area contributed by atoms with E-state index >= 15 is 0 Å². The number of nitrogens with zero attached hydrogens (tertiary/aromatic N) is 2. The van der Waals surface area contributed by atoms with Crippen LogP contribution in [0.2, 0.25) is 0 Å². The Labute approximate surface area is 107 Å². The van der Waals surface area contributed by atoms with Crippen LogP contribution in [-0.4, -0.2) is 61.2 Å². The van der Waals surface area contributed by atoms with E-state index in [-0.39, 0.29) is 0 Å². The molecule has 0 aromatic heterocycles. The molecule has 1 heterocycles. The quantitative estimate of drug-likeness (QED) is 0.803. The Hall–Kier alpha value is -0.120. The fourth-order valence-corrected chi connectivity index (χ4v) is 3.45. The highest BCUT2D eigenvalue weighted by molar-refractivity contribution is 4.89. The third kappa shape index (κ3) is 3.43. The van der Waals surface area contributed by atoms with Gasteiger partial charge >= 0.3 is 0 Å². The second-order valence-corrected chi connectivity index (χ2v) is 6.40. The fraction of sp³-hybridized carbons (Fsp3) is 1.00. The largest absolute Gasteiger partial charge is 0.314 e. The van der Waals surface area contributed by atoms with Crippen molar-refractivity contribution in [1.82, 2.24) is 15.1 Å². The van der Waals surface area contributed by atoms with Crippen molar-refractivity contribution in [1.29, 1.82) is 0 Å². The maximum atomic E-state index is 3.44. The maximum Gasteiger partial charge on any atom is 0.0281 e. The van der Waals surface area contributed by atoms with E-state index in [0.717, 1.165) is 19.1 Å². The molecule has 1 saturated carbocycles. The molecule has 0 aromatic rings. The zero-order valence-electron chi connectivity index (χ0n) is 11.8. The first-order valence-electron chi connectivity index (χ1n) is 7.25. The van der Waals surface area contributed by atoms with Crippen LogP contribution < -0.4 is 5.32 Å². The molecule has 0 spiro atoms. The van der Waals surface area contributed by atoms with E-state index in [1.807, 2.05) is 0 Å². The average molecular weight is 239 g/mol. The van der Waals surface area contributed by atoms with Gasteiger partial charge in [0.2, 0.25) is 0 Å². The van der Waals surface area contributed by atoms with Crippen LogP contribution in [0.3, 0.4) is 0 Å². The minimum Gasteiger partial charge on any atom is -0.314 e. The van der Waals surface area contributed by atoms with Crippen LogP contribution in [0.25, 0.3) is 0 Å². The van der Waals surface area contributed by atoms with Gasteiger partial charge in [0, 0.05) is 44.3 Å². The van der Waals surface area contributed by atoms with Gasteiger partial charge in [-0.15, -0.1) is 0 Å². The van der Waals surface area contributed by atoms with E-state index in [0.29, 0.717) is 5.54 Å². The molecule has 2 aliphatic rings. The topological polar surface area (TPSA) is 18.5 Å². The highest BCUT2D eigenvalue weighted by atomic mass is 15.3. The molecule has 0 unspecified atom stereocenters. The molecular weight excluding hydrogens is 210 g/mol. The van der Waals surface area contributed by atoms with Gasteiger partial charge in [-0.2, -0.15) is 0 Å². The third-order valence-corrected chi connectivity index (χ3v) is 4.56. The predicted octanol–water partition coefficient (Wildman–Crippen LogP) is 1.54. The second-order valence-electron chi connectivity index (χ2n) is 6.40. The summed E-state index contributed by atoms with van der Waals surface area (Å²) in [7, 11) is 2.32. The Kier molecular flexibility index (Phi) is 4.45. The molecule has 17 heavy (non-hydrogen) atoms. The summed E-state index contributed by atoms with van der Waals surface area (Å²) in [5, 5.41) is 3.44. The monoisotopic (exact) mass is 239 g/mol. The van der Waals surface area contributed by atoms with Crippen molar-refractivity contribution >= 4 is 0 Å². The molecule has 3 heteroatoms. The van der Waals surface area contributed by atoms with Gasteiger partial charge in [0.1, 0.15) is 0 Å². The van der Waals surface area contributed by atoms with Crippen molar-refractivity contribution < 1.29 is 0 Å². The van der Waals surface area contributed by atoms with Crippen LogP contribution >= 0.6 is 0 Å². The van der Waals surface area contributed by atoms with Gasteiger partial charge in [-0.1, -0.05) is 12.8 Å². The van der Waals surface area contributed by atoms with E-state index in [4.69, 9.17) is 0 Å². The van der Waals surface area contributed by atoms with Crippen molar-refractivity contribution in [3.63, 3.8) is 0 Å². The number of rotatable bonds is 4. The van der Waals surface area contributed by atoms with E-state index in [2.05, 4.69) is 36.0 Å². The van der Waals surface area contributed by atoms with Gasteiger partial charge in [0.25, 0.3) is 0 Å². The standard InChI is InChI=1S/C14H29N3/c1-14(2,17-10-8-15-9-11-17)12-16(3)13-6-4-5-7-13/h13,15H,4-12H2,1-3H3. The smallest absolute Gasteiger partial charge is 0.0281 e. The molecule has 2 fully saturated rings. The highest BCUT2D eigenvalue weighted by Crippen LogP contribution is 2.25. The minimum atomic E-state index is 0.319. The van der Waals surface area contributed by atoms with Crippen molar-refractivity contribution in [2.45, 2.75) is 51.1 Å². The molecule has 1 aliphatic carbocycles. The molecule has 0 atom stereocenters. The normalized spacial score (nSPS) is 24.7. The number of hydrogen-bond acceptors (Lipinski definition) is 3. The minimum absolute atomic E-state index is 0.319. The van der Waals surface area contributed by atoms with E-state index < -0.39 is 0 Å². The van der Waals surface area contributed by atoms with Crippen LogP contribution in [0, 0.1) is 0 Å². The summed E-state index contributed by atoms with van der Waals surface area (Å²) in [4.78, 5) is 5.25. The zero-order chi connectivity index (χ0) is 12.3. The summed E-state index contributed by atoms with van der Waals surface area (Å²) >= 11 is 0. The lowest BCUT2D eigenvalue weighted by Crippen LogP contribution is -2.58. The van der Waals surface area contributed by atoms with Gasteiger partial charge < -0.3 is 10.2 Å². The first-order chi connectivity index (χ1) is 8.09. The zero-order valence-corrected chi connectivity index (χ0v) is 11.8. The van der Waals surface area contributed by atoms with Crippen molar-refractivity contribution in [2.24, 2.45) is 0 Å². The highest BCUT2D eigenvalue weighted by Gasteiger charge is 2.31. The Bertz CT molecular complexity index is 228. The molecule has 0 bridgehead atoms. The molecule has 0 radical (unpaired) electrons. The fourth-order valence-electron chi connectivity index (χ4n) is 3.45. The summed E-state index contributed by atoms with van der Waals surface area (Å²) in [6.45, 7) is 10.7. The molecule has 0 aromatic carbocycles. The van der Waals surface area contributed by atoms with Gasteiger partial charge in [-0.3, -0.25) is 4.90 Å². The SMILES string of the molecule is CN(CC(C)(C)N1CCNCC1)C1CCCC1. The first-order valence-corrected chi connectivity index (χ1v) is 7.25. The molecule has 2 rings (SSSR count). The van der Waals surface area contributed by atoms with Crippen LogP contribution in [-0.2, 0) is 0 Å². The Morgan fingerprint density at radius 1 is 1.18 bits per heavy atom. The third-order valence-electron chi connectivity index (χ3n) is 4.56. The lowest BCUT2D eigenvalue weighted by molar-refractivity contribution is 0.0587. The van der Waals surface area contributed by atoms with Crippen molar-refractivity contribution in [3.8, 4) is 0 Å². The summed E-state index contributed by atoms with van der Waals surface area (Å²) in [6.07, 6.45) is 5.69.